The quantitative estimate of drug-likeness (QED) is 0.652. The van der Waals surface area contributed by atoms with E-state index in [9.17, 15) is 0 Å². The van der Waals surface area contributed by atoms with E-state index in [1.165, 1.54) is 0 Å². The highest BCUT2D eigenvalue weighted by Gasteiger charge is 2.25. The lowest BCUT2D eigenvalue weighted by molar-refractivity contribution is 0.0930. The molecule has 0 radical (unpaired) electrons. The van der Waals surface area contributed by atoms with Crippen LogP contribution in [0.1, 0.15) is 18.9 Å². The third kappa shape index (κ3) is 2.44. The first-order valence-corrected chi connectivity index (χ1v) is 6.50. The lowest BCUT2D eigenvalue weighted by Gasteiger charge is -2.38. The number of nitrogens with two attached hydrogens (primary N) is 1. The summed E-state index contributed by atoms with van der Waals surface area (Å²) in [6.45, 7) is 4.34. The molecule has 1 aromatic carbocycles. The van der Waals surface area contributed by atoms with Crippen molar-refractivity contribution in [1.29, 1.82) is 5.41 Å². The van der Waals surface area contributed by atoms with Crippen molar-refractivity contribution in [3.63, 3.8) is 0 Å². The minimum atomic E-state index is 0.0111. The summed E-state index contributed by atoms with van der Waals surface area (Å²) in [5.74, 6) is 0.0111. The molecule has 4 nitrogen and oxygen atoms in total. The number of nitrogen functional groups attached to an aromatic ring is 1. The Hall–Kier alpha value is -1.26. The zero-order valence-corrected chi connectivity index (χ0v) is 11.2. The summed E-state index contributed by atoms with van der Waals surface area (Å²) in [5.41, 5.74) is 7.21. The Morgan fingerprint density at radius 1 is 1.61 bits per heavy atom. The van der Waals surface area contributed by atoms with Crippen molar-refractivity contribution in [3.05, 3.63) is 28.8 Å². The fraction of sp³-hybridized carbons (Fsp3) is 0.462. The van der Waals surface area contributed by atoms with Crippen LogP contribution in [-0.2, 0) is 4.74 Å². The molecule has 18 heavy (non-hydrogen) atoms. The van der Waals surface area contributed by atoms with Crippen molar-refractivity contribution in [3.8, 4) is 0 Å². The van der Waals surface area contributed by atoms with Crippen LogP contribution in [-0.4, -0.2) is 31.6 Å². The number of benzene rings is 1. The molecule has 2 rings (SSSR count). The van der Waals surface area contributed by atoms with E-state index in [0.717, 1.165) is 18.7 Å². The monoisotopic (exact) mass is 267 g/mol. The van der Waals surface area contributed by atoms with E-state index in [2.05, 4.69) is 11.8 Å². The molecule has 1 heterocycles. The summed E-state index contributed by atoms with van der Waals surface area (Å²) >= 11 is 6.16. The summed E-state index contributed by atoms with van der Waals surface area (Å²) in [7, 11) is 0. The van der Waals surface area contributed by atoms with Crippen LogP contribution in [0.4, 0.5) is 5.69 Å². The Bertz CT molecular complexity index is 450. The molecule has 1 aliphatic rings. The third-order valence-corrected chi connectivity index (χ3v) is 3.58. The van der Waals surface area contributed by atoms with Gasteiger partial charge in [-0.2, -0.15) is 0 Å². The van der Waals surface area contributed by atoms with Crippen LogP contribution >= 0.6 is 11.6 Å². The van der Waals surface area contributed by atoms with Crippen LogP contribution in [0.3, 0.4) is 0 Å². The molecule has 0 amide bonds. The second kappa shape index (κ2) is 5.59. The normalized spacial score (nSPS) is 19.9. The molecule has 0 saturated carbocycles. The average molecular weight is 268 g/mol. The minimum absolute atomic E-state index is 0.0111. The maximum atomic E-state index is 7.69. The number of hydrogen-bond donors (Lipinski definition) is 2. The van der Waals surface area contributed by atoms with E-state index in [-0.39, 0.29) is 5.84 Å². The number of nitrogens with one attached hydrogen (secondary N) is 1. The standard InChI is InChI=1S/C13H18ClN3O/c1-2-9-8-18-7-6-17(9)11-5-3-4-10(14)12(11)13(15)16/h3-5,9H,2,6-8H2,1H3,(H3,15,16). The maximum absolute atomic E-state index is 7.69. The van der Waals surface area contributed by atoms with E-state index in [0.29, 0.717) is 29.8 Å². The Balaban J connectivity index is 2.42. The number of rotatable bonds is 3. The molecule has 1 fully saturated rings. The molecule has 0 aromatic heterocycles. The minimum Gasteiger partial charge on any atom is -0.384 e. The van der Waals surface area contributed by atoms with Crippen molar-refractivity contribution in [1.82, 2.24) is 0 Å². The number of morpholine rings is 1. The predicted molar refractivity (Wildman–Crippen MR) is 74.7 cm³/mol. The molecule has 1 atom stereocenters. The van der Waals surface area contributed by atoms with Gasteiger partial charge in [-0.25, -0.2) is 0 Å². The van der Waals surface area contributed by atoms with E-state index >= 15 is 0 Å². The molecular formula is C13H18ClN3O. The Labute approximate surface area is 112 Å². The molecule has 5 heteroatoms. The SMILES string of the molecule is CCC1COCCN1c1cccc(Cl)c1C(=N)N. The molecule has 1 unspecified atom stereocenters. The summed E-state index contributed by atoms with van der Waals surface area (Å²) < 4.78 is 5.50. The first kappa shape index (κ1) is 13.2. The van der Waals surface area contributed by atoms with Gasteiger partial charge < -0.3 is 15.4 Å². The Morgan fingerprint density at radius 2 is 2.39 bits per heavy atom. The maximum Gasteiger partial charge on any atom is 0.126 e. The second-order valence-electron chi connectivity index (χ2n) is 4.38. The van der Waals surface area contributed by atoms with Crippen LogP contribution in [0.5, 0.6) is 0 Å². The zero-order chi connectivity index (χ0) is 13.1. The summed E-state index contributed by atoms with van der Waals surface area (Å²) in [4.78, 5) is 2.24. The van der Waals surface area contributed by atoms with E-state index in [1.807, 2.05) is 12.1 Å². The van der Waals surface area contributed by atoms with Gasteiger partial charge in [0.05, 0.1) is 29.8 Å². The van der Waals surface area contributed by atoms with E-state index in [4.69, 9.17) is 27.5 Å². The van der Waals surface area contributed by atoms with Crippen molar-refractivity contribution in [2.24, 2.45) is 5.73 Å². The first-order valence-electron chi connectivity index (χ1n) is 6.12. The smallest absolute Gasteiger partial charge is 0.126 e. The van der Waals surface area contributed by atoms with E-state index < -0.39 is 0 Å². The number of ether oxygens (including phenoxy) is 1. The molecular weight excluding hydrogens is 250 g/mol. The number of anilines is 1. The highest BCUT2D eigenvalue weighted by atomic mass is 35.5. The van der Waals surface area contributed by atoms with Gasteiger partial charge in [-0.05, 0) is 18.6 Å². The van der Waals surface area contributed by atoms with Gasteiger partial charge in [0.2, 0.25) is 0 Å². The van der Waals surface area contributed by atoms with Crippen LogP contribution in [0, 0.1) is 5.41 Å². The van der Waals surface area contributed by atoms with Crippen LogP contribution in [0.25, 0.3) is 0 Å². The van der Waals surface area contributed by atoms with Crippen LogP contribution < -0.4 is 10.6 Å². The molecule has 1 saturated heterocycles. The highest BCUT2D eigenvalue weighted by Crippen LogP contribution is 2.30. The van der Waals surface area contributed by atoms with Gasteiger partial charge in [-0.15, -0.1) is 0 Å². The molecule has 0 bridgehead atoms. The molecule has 1 aliphatic heterocycles. The second-order valence-corrected chi connectivity index (χ2v) is 4.79. The van der Waals surface area contributed by atoms with Crippen molar-refractivity contribution < 1.29 is 4.74 Å². The molecule has 3 N–H and O–H groups in total. The van der Waals surface area contributed by atoms with E-state index in [1.54, 1.807) is 6.07 Å². The van der Waals surface area contributed by atoms with Gasteiger partial charge in [-0.3, -0.25) is 5.41 Å². The fourth-order valence-electron chi connectivity index (χ4n) is 2.33. The molecule has 98 valence electrons. The number of halogens is 1. The van der Waals surface area contributed by atoms with Gasteiger partial charge >= 0.3 is 0 Å². The van der Waals surface area contributed by atoms with Crippen molar-refractivity contribution in [2.75, 3.05) is 24.7 Å². The van der Waals surface area contributed by atoms with Crippen LogP contribution in [0.2, 0.25) is 5.02 Å². The van der Waals surface area contributed by atoms with Gasteiger partial charge in [-0.1, -0.05) is 24.6 Å². The van der Waals surface area contributed by atoms with Gasteiger partial charge in [0.15, 0.2) is 0 Å². The number of hydrogen-bond acceptors (Lipinski definition) is 3. The highest BCUT2D eigenvalue weighted by molar-refractivity contribution is 6.34. The topological polar surface area (TPSA) is 62.3 Å². The predicted octanol–water partition coefficient (Wildman–Crippen LogP) is 2.24. The van der Waals surface area contributed by atoms with Crippen molar-refractivity contribution in [2.45, 2.75) is 19.4 Å². The zero-order valence-electron chi connectivity index (χ0n) is 10.4. The van der Waals surface area contributed by atoms with Gasteiger partial charge in [0.25, 0.3) is 0 Å². The number of nitrogens with zero attached hydrogens (tertiary/aromatic N) is 1. The average Bonchev–Trinajstić information content (AvgIpc) is 2.38. The molecule has 1 aromatic rings. The lowest BCUT2D eigenvalue weighted by Crippen LogP contribution is -2.46. The molecule has 0 aliphatic carbocycles. The summed E-state index contributed by atoms with van der Waals surface area (Å²) in [6.07, 6.45) is 0.990. The third-order valence-electron chi connectivity index (χ3n) is 3.27. The Morgan fingerprint density at radius 3 is 3.06 bits per heavy atom. The largest absolute Gasteiger partial charge is 0.384 e. The molecule has 0 spiro atoms. The number of amidine groups is 1. The first-order chi connectivity index (χ1) is 8.65. The van der Waals surface area contributed by atoms with Crippen LogP contribution in [0.15, 0.2) is 18.2 Å². The fourth-order valence-corrected chi connectivity index (χ4v) is 2.60. The summed E-state index contributed by atoms with van der Waals surface area (Å²) in [5, 5.41) is 8.22. The summed E-state index contributed by atoms with van der Waals surface area (Å²) in [6, 6.07) is 5.95. The van der Waals surface area contributed by atoms with Gasteiger partial charge in [0, 0.05) is 12.2 Å². The van der Waals surface area contributed by atoms with Crippen molar-refractivity contribution >= 4 is 23.1 Å². The lowest BCUT2D eigenvalue weighted by atomic mass is 10.1. The van der Waals surface area contributed by atoms with Gasteiger partial charge in [0.1, 0.15) is 5.84 Å². The Kier molecular flexibility index (Phi) is 4.09.